The summed E-state index contributed by atoms with van der Waals surface area (Å²) in [5.74, 6) is 1.53. The van der Waals surface area contributed by atoms with Crippen LogP contribution in [0, 0.1) is 0 Å². The lowest BCUT2D eigenvalue weighted by Gasteiger charge is -2.17. The van der Waals surface area contributed by atoms with E-state index in [1.54, 1.807) is 41.9 Å². The van der Waals surface area contributed by atoms with Gasteiger partial charge in [0.2, 0.25) is 11.8 Å². The summed E-state index contributed by atoms with van der Waals surface area (Å²) in [6.07, 6.45) is 29.4. The Bertz CT molecular complexity index is 3870. The van der Waals surface area contributed by atoms with Crippen molar-refractivity contribution in [2.24, 2.45) is 0 Å². The maximum absolute atomic E-state index is 12.8. The van der Waals surface area contributed by atoms with E-state index in [1.807, 2.05) is 64.3 Å². The Hall–Kier alpha value is -8.07. The molecule has 2 aliphatic heterocycles. The molecule has 0 aromatic carbocycles. The minimum Gasteiger partial charge on any atom is -0.346 e. The van der Waals surface area contributed by atoms with E-state index >= 15 is 0 Å². The van der Waals surface area contributed by atoms with E-state index in [-0.39, 0.29) is 30.2 Å². The van der Waals surface area contributed by atoms with Crippen molar-refractivity contribution in [2.45, 2.75) is 88.7 Å². The molecule has 4 aliphatic rings. The van der Waals surface area contributed by atoms with Crippen molar-refractivity contribution in [1.29, 1.82) is 0 Å². The van der Waals surface area contributed by atoms with Crippen LogP contribution >= 0.6 is 34.8 Å². The number of H-pyrrole nitrogens is 1. The molecular weight excluding hydrogens is 1040 g/mol. The number of aromatic nitrogens is 12. The number of rotatable bonds is 13. The molecule has 20 nitrogen and oxygen atoms in total. The highest BCUT2D eigenvalue weighted by molar-refractivity contribution is 6.31. The van der Waals surface area contributed by atoms with Gasteiger partial charge < -0.3 is 38.0 Å². The number of aromatic amines is 1. The van der Waals surface area contributed by atoms with Gasteiger partial charge in [-0.25, -0.2) is 19.9 Å². The first-order valence-electron chi connectivity index (χ1n) is 25.5. The molecule has 10 aromatic rings. The lowest BCUT2D eigenvalue weighted by molar-refractivity contribution is -0.117. The molecule has 392 valence electrons. The Morgan fingerprint density at radius 1 is 0.649 bits per heavy atom. The number of halogens is 3. The van der Waals surface area contributed by atoms with Crippen LogP contribution in [0.1, 0.15) is 118 Å². The molecule has 10 aromatic heterocycles. The molecule has 2 saturated carbocycles. The number of carbonyl (C=O) groups is 4. The first-order chi connectivity index (χ1) is 37.5. The van der Waals surface area contributed by atoms with Gasteiger partial charge in [0.1, 0.15) is 0 Å². The van der Waals surface area contributed by atoms with Crippen molar-refractivity contribution in [3.63, 3.8) is 0 Å². The predicted molar refractivity (Wildman–Crippen MR) is 290 cm³/mol. The number of hydrogen-bond acceptors (Lipinski definition) is 10. The predicted octanol–water partition coefficient (Wildman–Crippen LogP) is 8.53. The summed E-state index contributed by atoms with van der Waals surface area (Å²) < 4.78 is 9.48. The second-order valence-corrected chi connectivity index (χ2v) is 20.8. The van der Waals surface area contributed by atoms with E-state index in [9.17, 15) is 19.2 Å². The number of pyridine rings is 4. The van der Waals surface area contributed by atoms with Gasteiger partial charge in [0.25, 0.3) is 11.8 Å². The van der Waals surface area contributed by atoms with Crippen LogP contribution in [-0.4, -0.2) is 94.2 Å². The summed E-state index contributed by atoms with van der Waals surface area (Å²) >= 11 is 18.0. The van der Waals surface area contributed by atoms with Gasteiger partial charge in [-0.3, -0.25) is 29.0 Å². The Morgan fingerprint density at radius 3 is 1.68 bits per heavy atom. The highest BCUT2D eigenvalue weighted by atomic mass is 35.5. The van der Waals surface area contributed by atoms with E-state index < -0.39 is 0 Å². The van der Waals surface area contributed by atoms with Gasteiger partial charge in [-0.2, -0.15) is 10.2 Å². The fourth-order valence-corrected chi connectivity index (χ4v) is 10.3. The number of imidazole rings is 4. The topological polar surface area (TPSA) is 215 Å². The van der Waals surface area contributed by atoms with Gasteiger partial charge in [0.15, 0.2) is 11.3 Å². The molecule has 0 unspecified atom stereocenters. The monoisotopic (exact) mass is 1090 g/mol. The van der Waals surface area contributed by atoms with Crippen molar-refractivity contribution in [3.8, 4) is 0 Å². The zero-order chi connectivity index (χ0) is 52.7. The summed E-state index contributed by atoms with van der Waals surface area (Å²) in [6.45, 7) is 2.54. The molecule has 0 spiro atoms. The number of nitrogens with one attached hydrogen (secondary N) is 3. The maximum Gasteiger partial charge on any atom is 0.254 e. The van der Waals surface area contributed by atoms with Crippen molar-refractivity contribution < 1.29 is 19.2 Å². The standard InChI is InChI=1S/C27H25ClN8O2.C15H16ClN3O.C12H10ClN5O/c28-20-5-7-33-16-30-22(23(33)9-20)11-29-27(38)19-10-31-35(13-19)15-21-14-34-12-18(17-3-4-17)8-24(26(34)32-21)36-6-1-2-25(36)37;16-7-12-9-18-8-11(10-3-4-10)6-13(15(18)17-12)19-5-1-2-14(19)20;13-9-1-2-18-7-15-10(11(18)3-9)6-14-12(19)8-4-16-17-5-8/h5,7-10,12-14,16-17H,1-4,6,11,15H2,(H,29,38);6,8-10H,1-5,7H2;1-5,7H,6H2,(H,14,19)(H,16,17). The summed E-state index contributed by atoms with van der Waals surface area (Å²) in [5.41, 5.74) is 11.8. The molecule has 23 heteroatoms. The number of amides is 4. The molecule has 14 rings (SSSR count). The zero-order valence-electron chi connectivity index (χ0n) is 41.5. The minimum absolute atomic E-state index is 0.152. The molecule has 12 heterocycles. The smallest absolute Gasteiger partial charge is 0.254 e. The highest BCUT2D eigenvalue weighted by Crippen LogP contribution is 2.43. The van der Waals surface area contributed by atoms with Crippen LogP contribution in [0.4, 0.5) is 11.4 Å². The largest absolute Gasteiger partial charge is 0.346 e. The fourth-order valence-electron chi connectivity index (χ4n) is 9.87. The molecule has 0 radical (unpaired) electrons. The maximum atomic E-state index is 12.8. The first-order valence-corrected chi connectivity index (χ1v) is 26.8. The summed E-state index contributed by atoms with van der Waals surface area (Å²) in [5, 5.41) is 17.6. The van der Waals surface area contributed by atoms with Crippen LogP contribution in [0.2, 0.25) is 10.0 Å². The van der Waals surface area contributed by atoms with Crippen molar-refractivity contribution in [2.75, 3.05) is 22.9 Å². The van der Waals surface area contributed by atoms with Crippen LogP contribution < -0.4 is 20.4 Å². The van der Waals surface area contributed by atoms with Crippen LogP contribution in [0.3, 0.4) is 0 Å². The highest BCUT2D eigenvalue weighted by Gasteiger charge is 2.31. The second kappa shape index (κ2) is 21.2. The van der Waals surface area contributed by atoms with E-state index in [0.717, 1.165) is 82.4 Å². The average Bonchev–Trinajstić information content (AvgIpc) is 3.89. The summed E-state index contributed by atoms with van der Waals surface area (Å²) in [7, 11) is 0. The van der Waals surface area contributed by atoms with Crippen LogP contribution in [0.5, 0.6) is 0 Å². The molecule has 2 aliphatic carbocycles. The van der Waals surface area contributed by atoms with Crippen LogP contribution in [0.15, 0.2) is 111 Å². The zero-order valence-corrected chi connectivity index (χ0v) is 43.8. The number of anilines is 2. The van der Waals surface area contributed by atoms with Crippen LogP contribution in [0.25, 0.3) is 22.3 Å². The van der Waals surface area contributed by atoms with E-state index in [1.165, 1.54) is 49.2 Å². The van der Waals surface area contributed by atoms with Crippen molar-refractivity contribution in [3.05, 3.63) is 166 Å². The number of carbonyl (C=O) groups excluding carboxylic acids is 4. The van der Waals surface area contributed by atoms with Crippen LogP contribution in [-0.2, 0) is 35.1 Å². The normalized spacial score (nSPS) is 15.4. The van der Waals surface area contributed by atoms with Gasteiger partial charge >= 0.3 is 0 Å². The number of hydrogen-bond donors (Lipinski definition) is 3. The second-order valence-electron chi connectivity index (χ2n) is 19.7. The summed E-state index contributed by atoms with van der Waals surface area (Å²) in [6, 6.07) is 11.5. The molecular formula is C54H51Cl3N16O4. The number of nitrogens with zero attached hydrogens (tertiary/aromatic N) is 13. The minimum atomic E-state index is -0.238. The average molecular weight is 1090 g/mol. The first kappa shape index (κ1) is 49.8. The third-order valence-electron chi connectivity index (χ3n) is 14.1. The van der Waals surface area contributed by atoms with E-state index in [2.05, 4.69) is 65.4 Å². The van der Waals surface area contributed by atoms with Gasteiger partial charge in [0.05, 0.1) is 107 Å². The van der Waals surface area contributed by atoms with Gasteiger partial charge in [0, 0.05) is 85.6 Å². The molecule has 4 fully saturated rings. The number of alkyl halides is 1. The van der Waals surface area contributed by atoms with Gasteiger partial charge in [-0.1, -0.05) is 23.2 Å². The summed E-state index contributed by atoms with van der Waals surface area (Å²) in [4.78, 5) is 70.9. The molecule has 3 N–H and O–H groups in total. The Kier molecular flexibility index (Phi) is 13.7. The molecule has 2 saturated heterocycles. The Balaban J connectivity index is 0.000000128. The van der Waals surface area contributed by atoms with Crippen molar-refractivity contribution >= 4 is 92.1 Å². The van der Waals surface area contributed by atoms with E-state index in [0.29, 0.717) is 64.8 Å². The van der Waals surface area contributed by atoms with Gasteiger partial charge in [-0.15, -0.1) is 11.6 Å². The lowest BCUT2D eigenvalue weighted by atomic mass is 10.1. The third-order valence-corrected chi connectivity index (χ3v) is 14.9. The third kappa shape index (κ3) is 10.7. The van der Waals surface area contributed by atoms with E-state index in [4.69, 9.17) is 39.8 Å². The SMILES string of the molecule is O=C(NCc1ncn2ccc(Cl)cc12)c1cn[nH]c1.O=C(NCc1ncn2ccc(Cl)cc12)c1cnn(Cc2cn3cc(C4CC4)cc(N4CCCC4=O)c3n2)c1.O=C1CCCN1c1cc(C2CC2)cn2cc(CCl)nc12. The lowest BCUT2D eigenvalue weighted by Crippen LogP contribution is -2.24. The fraction of sp³-hybridized carbons (Fsp3) is 0.296. The number of fused-ring (bicyclic) bond motifs is 4. The van der Waals surface area contributed by atoms with Gasteiger partial charge in [-0.05, 0) is 97.9 Å². The molecule has 4 amide bonds. The van der Waals surface area contributed by atoms with Crippen molar-refractivity contribution in [1.82, 2.24) is 68.2 Å². The Labute approximate surface area is 455 Å². The molecule has 0 atom stereocenters. The quantitative estimate of drug-likeness (QED) is 0.0936. The molecule has 77 heavy (non-hydrogen) atoms. The molecule has 0 bridgehead atoms. The Morgan fingerprint density at radius 2 is 1.18 bits per heavy atom.